The molecule has 0 radical (unpaired) electrons. The summed E-state index contributed by atoms with van der Waals surface area (Å²) < 4.78 is 10.4. The van der Waals surface area contributed by atoms with Crippen molar-refractivity contribution in [2.75, 3.05) is 7.11 Å². The molecule has 2 rings (SSSR count). The van der Waals surface area contributed by atoms with E-state index in [1.54, 1.807) is 0 Å². The molecule has 102 valence electrons. The SMILES string of the molecule is COc1ccnc(C(N)=O)c1OC(=O)C1CCCC1. The lowest BCUT2D eigenvalue weighted by atomic mass is 10.1. The average molecular weight is 264 g/mol. The highest BCUT2D eigenvalue weighted by Crippen LogP contribution is 2.32. The summed E-state index contributed by atoms with van der Waals surface area (Å²) in [5.74, 6) is -0.949. The van der Waals surface area contributed by atoms with Crippen LogP contribution in [0.15, 0.2) is 12.3 Å². The van der Waals surface area contributed by atoms with Crippen molar-refractivity contribution in [3.8, 4) is 11.5 Å². The largest absolute Gasteiger partial charge is 0.493 e. The van der Waals surface area contributed by atoms with Crippen molar-refractivity contribution in [3.63, 3.8) is 0 Å². The molecule has 1 heterocycles. The topological polar surface area (TPSA) is 91.5 Å². The quantitative estimate of drug-likeness (QED) is 0.827. The standard InChI is InChI=1S/C13H16N2O4/c1-18-9-6-7-15-10(12(14)16)11(9)19-13(17)8-4-2-3-5-8/h6-8H,2-5H2,1H3,(H2,14,16). The van der Waals surface area contributed by atoms with E-state index in [0.717, 1.165) is 25.7 Å². The first-order valence-corrected chi connectivity index (χ1v) is 6.18. The Morgan fingerprint density at radius 1 is 1.37 bits per heavy atom. The summed E-state index contributed by atoms with van der Waals surface area (Å²) in [4.78, 5) is 27.1. The second kappa shape index (κ2) is 5.69. The number of nitrogens with zero attached hydrogens (tertiary/aromatic N) is 1. The van der Waals surface area contributed by atoms with Crippen molar-refractivity contribution in [2.24, 2.45) is 11.7 Å². The van der Waals surface area contributed by atoms with Gasteiger partial charge in [-0.25, -0.2) is 4.98 Å². The van der Waals surface area contributed by atoms with Crippen molar-refractivity contribution in [2.45, 2.75) is 25.7 Å². The summed E-state index contributed by atoms with van der Waals surface area (Å²) in [6.45, 7) is 0. The van der Waals surface area contributed by atoms with Gasteiger partial charge in [-0.1, -0.05) is 12.8 Å². The van der Waals surface area contributed by atoms with Crippen molar-refractivity contribution < 1.29 is 19.1 Å². The summed E-state index contributed by atoms with van der Waals surface area (Å²) in [7, 11) is 1.42. The number of amides is 1. The molecule has 0 bridgehead atoms. The van der Waals surface area contributed by atoms with Crippen molar-refractivity contribution >= 4 is 11.9 Å². The molecule has 19 heavy (non-hydrogen) atoms. The molecule has 0 unspecified atom stereocenters. The zero-order valence-corrected chi connectivity index (χ0v) is 10.7. The van der Waals surface area contributed by atoms with E-state index in [2.05, 4.69) is 4.98 Å². The van der Waals surface area contributed by atoms with E-state index in [9.17, 15) is 9.59 Å². The number of nitrogens with two attached hydrogens (primary N) is 1. The molecule has 0 aliphatic heterocycles. The lowest BCUT2D eigenvalue weighted by molar-refractivity contribution is -0.138. The number of carbonyl (C=O) groups is 2. The number of rotatable bonds is 4. The maximum Gasteiger partial charge on any atom is 0.314 e. The second-order valence-electron chi connectivity index (χ2n) is 4.46. The van der Waals surface area contributed by atoms with Gasteiger partial charge in [-0.2, -0.15) is 0 Å². The maximum atomic E-state index is 12.0. The van der Waals surface area contributed by atoms with Crippen LogP contribution in [0.2, 0.25) is 0 Å². The van der Waals surface area contributed by atoms with Gasteiger partial charge < -0.3 is 15.2 Å². The molecule has 6 heteroatoms. The van der Waals surface area contributed by atoms with Gasteiger partial charge in [0.15, 0.2) is 11.4 Å². The van der Waals surface area contributed by atoms with Gasteiger partial charge in [0.25, 0.3) is 5.91 Å². The minimum absolute atomic E-state index is 0.00870. The molecule has 0 spiro atoms. The van der Waals surface area contributed by atoms with Crippen LogP contribution in [0.5, 0.6) is 11.5 Å². The van der Waals surface area contributed by atoms with Gasteiger partial charge in [0.05, 0.1) is 13.0 Å². The fourth-order valence-electron chi connectivity index (χ4n) is 2.21. The Labute approximate surface area is 110 Å². The highest BCUT2D eigenvalue weighted by Gasteiger charge is 2.27. The Bertz CT molecular complexity index is 495. The molecule has 0 saturated heterocycles. The Kier molecular flexibility index (Phi) is 3.99. The van der Waals surface area contributed by atoms with E-state index in [0.29, 0.717) is 0 Å². The number of primary amides is 1. The number of esters is 1. The number of methoxy groups -OCH3 is 1. The van der Waals surface area contributed by atoms with Crippen LogP contribution in [0.3, 0.4) is 0 Å². The van der Waals surface area contributed by atoms with Gasteiger partial charge in [-0.3, -0.25) is 9.59 Å². The summed E-state index contributed by atoms with van der Waals surface area (Å²) in [6.07, 6.45) is 5.05. The lowest BCUT2D eigenvalue weighted by Crippen LogP contribution is -2.22. The first-order valence-electron chi connectivity index (χ1n) is 6.18. The molecular formula is C13H16N2O4. The zero-order valence-electron chi connectivity index (χ0n) is 10.7. The first kappa shape index (κ1) is 13.3. The van der Waals surface area contributed by atoms with E-state index >= 15 is 0 Å². The Hall–Kier alpha value is -2.11. The minimum Gasteiger partial charge on any atom is -0.493 e. The molecule has 1 fully saturated rings. The third kappa shape index (κ3) is 2.83. The van der Waals surface area contributed by atoms with Gasteiger partial charge in [0.1, 0.15) is 0 Å². The van der Waals surface area contributed by atoms with Crippen LogP contribution in [0.25, 0.3) is 0 Å². The van der Waals surface area contributed by atoms with Gasteiger partial charge in [-0.05, 0) is 12.8 Å². The number of carbonyl (C=O) groups excluding carboxylic acids is 2. The lowest BCUT2D eigenvalue weighted by Gasteiger charge is -2.13. The number of hydrogen-bond donors (Lipinski definition) is 1. The first-order chi connectivity index (χ1) is 9.13. The molecule has 2 N–H and O–H groups in total. The molecule has 1 aliphatic rings. The summed E-state index contributed by atoms with van der Waals surface area (Å²) in [5, 5.41) is 0. The number of pyridine rings is 1. The summed E-state index contributed by atoms with van der Waals surface area (Å²) >= 11 is 0. The second-order valence-corrected chi connectivity index (χ2v) is 4.46. The Morgan fingerprint density at radius 3 is 2.63 bits per heavy atom. The predicted octanol–water partition coefficient (Wildman–Crippen LogP) is 1.28. The number of aromatic nitrogens is 1. The van der Waals surface area contributed by atoms with Gasteiger partial charge in [0.2, 0.25) is 5.75 Å². The minimum atomic E-state index is -0.756. The zero-order chi connectivity index (χ0) is 13.8. The van der Waals surface area contributed by atoms with Crippen molar-refractivity contribution in [1.29, 1.82) is 0 Å². The maximum absolute atomic E-state index is 12.0. The Balaban J connectivity index is 2.26. The molecule has 1 saturated carbocycles. The normalized spacial score (nSPS) is 15.2. The molecule has 6 nitrogen and oxygen atoms in total. The van der Waals surface area contributed by atoms with E-state index in [1.165, 1.54) is 19.4 Å². The molecule has 0 aromatic carbocycles. The molecule has 1 aromatic rings. The predicted molar refractivity (Wildman–Crippen MR) is 66.9 cm³/mol. The fraction of sp³-hybridized carbons (Fsp3) is 0.462. The van der Waals surface area contributed by atoms with E-state index in [-0.39, 0.29) is 29.1 Å². The highest BCUT2D eigenvalue weighted by atomic mass is 16.6. The van der Waals surface area contributed by atoms with Crippen LogP contribution >= 0.6 is 0 Å². The molecule has 0 atom stereocenters. The van der Waals surface area contributed by atoms with Crippen LogP contribution in [-0.2, 0) is 4.79 Å². The molecule has 1 aromatic heterocycles. The van der Waals surface area contributed by atoms with Gasteiger partial charge >= 0.3 is 5.97 Å². The molecule has 1 aliphatic carbocycles. The van der Waals surface area contributed by atoms with Crippen LogP contribution in [0.4, 0.5) is 0 Å². The average Bonchev–Trinajstić information content (AvgIpc) is 2.92. The van der Waals surface area contributed by atoms with Crippen LogP contribution in [0, 0.1) is 5.92 Å². The fourth-order valence-corrected chi connectivity index (χ4v) is 2.21. The van der Waals surface area contributed by atoms with E-state index in [1.807, 2.05) is 0 Å². The monoisotopic (exact) mass is 264 g/mol. The molecule has 1 amide bonds. The van der Waals surface area contributed by atoms with Crippen LogP contribution in [-0.4, -0.2) is 24.0 Å². The summed E-state index contributed by atoms with van der Waals surface area (Å²) in [6, 6.07) is 1.52. The van der Waals surface area contributed by atoms with Gasteiger partial charge in [0, 0.05) is 12.3 Å². The van der Waals surface area contributed by atoms with E-state index < -0.39 is 5.91 Å². The van der Waals surface area contributed by atoms with Crippen molar-refractivity contribution in [1.82, 2.24) is 4.98 Å². The van der Waals surface area contributed by atoms with E-state index in [4.69, 9.17) is 15.2 Å². The smallest absolute Gasteiger partial charge is 0.314 e. The van der Waals surface area contributed by atoms with Gasteiger partial charge in [-0.15, -0.1) is 0 Å². The number of hydrogen-bond acceptors (Lipinski definition) is 5. The van der Waals surface area contributed by atoms with Crippen molar-refractivity contribution in [3.05, 3.63) is 18.0 Å². The third-order valence-corrected chi connectivity index (χ3v) is 3.21. The highest BCUT2D eigenvalue weighted by molar-refractivity contribution is 5.95. The Morgan fingerprint density at radius 2 is 2.05 bits per heavy atom. The third-order valence-electron chi connectivity index (χ3n) is 3.21. The van der Waals surface area contributed by atoms with Crippen LogP contribution < -0.4 is 15.2 Å². The van der Waals surface area contributed by atoms with Crippen LogP contribution in [0.1, 0.15) is 36.2 Å². The summed E-state index contributed by atoms with van der Waals surface area (Å²) in [5.41, 5.74) is 5.13. The number of ether oxygens (including phenoxy) is 2. The molecular weight excluding hydrogens is 248 g/mol.